The van der Waals surface area contributed by atoms with Crippen molar-refractivity contribution < 1.29 is 19.0 Å². The van der Waals surface area contributed by atoms with Crippen molar-refractivity contribution in [2.75, 3.05) is 20.3 Å². The van der Waals surface area contributed by atoms with Gasteiger partial charge < -0.3 is 19.9 Å². The fraction of sp³-hybridized carbons (Fsp3) is 0.500. The van der Waals surface area contributed by atoms with Crippen LogP contribution < -0.4 is 20.8 Å². The van der Waals surface area contributed by atoms with E-state index in [0.29, 0.717) is 29.5 Å². The zero-order valence-electron chi connectivity index (χ0n) is 18.6. The maximum absolute atomic E-state index is 13.1. The summed E-state index contributed by atoms with van der Waals surface area (Å²) < 4.78 is 18.7. The number of H-pyrrole nitrogens is 1. The number of ether oxygens (including phenoxy) is 3. The Balaban J connectivity index is 1.74. The number of aromatic nitrogens is 2. The molecule has 0 bridgehead atoms. The van der Waals surface area contributed by atoms with Gasteiger partial charge in [0.2, 0.25) is 0 Å². The second-order valence-electron chi connectivity index (χ2n) is 8.60. The fourth-order valence-electron chi connectivity index (χ4n) is 4.25. The summed E-state index contributed by atoms with van der Waals surface area (Å²) in [6.45, 7) is 6.42. The Kier molecular flexibility index (Phi) is 6.09. The van der Waals surface area contributed by atoms with Gasteiger partial charge in [-0.3, -0.25) is 19.4 Å². The van der Waals surface area contributed by atoms with Crippen LogP contribution in [0.1, 0.15) is 56.0 Å². The van der Waals surface area contributed by atoms with Gasteiger partial charge in [-0.2, -0.15) is 0 Å². The zero-order valence-corrected chi connectivity index (χ0v) is 19.5. The van der Waals surface area contributed by atoms with Crippen LogP contribution in [-0.4, -0.2) is 46.7 Å². The lowest BCUT2D eigenvalue weighted by Gasteiger charge is -2.36. The molecule has 4 rings (SSSR count). The summed E-state index contributed by atoms with van der Waals surface area (Å²) in [4.78, 5) is 29.0. The van der Waals surface area contributed by atoms with Crippen molar-refractivity contribution in [3.63, 3.8) is 0 Å². The number of hydrogen-bond acceptors (Lipinski definition) is 7. The van der Waals surface area contributed by atoms with E-state index in [9.17, 15) is 9.59 Å². The van der Waals surface area contributed by atoms with Gasteiger partial charge in [0.15, 0.2) is 23.9 Å². The standard InChI is InChI=1S/C22H28N4O5S/c1-12-24-20-18(21(28)25-26(20)14-7-8-31-22(2,3)10-14)19(32-12)13-5-6-15(29-4)16(9-13)30-11-17(23)27/h5-6,9,14,19H,7-8,10-11H2,1-4H3,(H2,23,27)(H,25,28)/t14-,19-/m1/s1. The molecule has 1 fully saturated rings. The highest BCUT2D eigenvalue weighted by Gasteiger charge is 2.36. The van der Waals surface area contributed by atoms with E-state index in [1.165, 1.54) is 18.9 Å². The number of aliphatic imine (C=N–C) groups is 1. The molecule has 2 aliphatic rings. The molecule has 1 aromatic carbocycles. The van der Waals surface area contributed by atoms with E-state index < -0.39 is 5.91 Å². The van der Waals surface area contributed by atoms with Crippen LogP contribution in [0, 0.1) is 0 Å². The molecule has 0 unspecified atom stereocenters. The molecule has 0 spiro atoms. The Hall–Kier alpha value is -2.72. The number of nitrogens with two attached hydrogens (primary N) is 1. The summed E-state index contributed by atoms with van der Waals surface area (Å²) >= 11 is 1.51. The lowest BCUT2D eigenvalue weighted by atomic mass is 9.94. The van der Waals surface area contributed by atoms with Crippen LogP contribution in [0.25, 0.3) is 0 Å². The molecular weight excluding hydrogens is 432 g/mol. The molecule has 2 atom stereocenters. The van der Waals surface area contributed by atoms with Crippen LogP contribution in [0.3, 0.4) is 0 Å². The summed E-state index contributed by atoms with van der Waals surface area (Å²) in [6.07, 6.45) is 1.59. The fourth-order valence-corrected chi connectivity index (χ4v) is 5.34. The van der Waals surface area contributed by atoms with Crippen molar-refractivity contribution >= 4 is 28.5 Å². The average molecular weight is 461 g/mol. The maximum atomic E-state index is 13.1. The third-order valence-corrected chi connectivity index (χ3v) is 6.82. The smallest absolute Gasteiger partial charge is 0.271 e. The number of nitrogens with one attached hydrogen (secondary N) is 1. The second kappa shape index (κ2) is 8.67. The number of hydrogen-bond donors (Lipinski definition) is 2. The molecule has 0 radical (unpaired) electrons. The van der Waals surface area contributed by atoms with Crippen molar-refractivity contribution in [1.29, 1.82) is 0 Å². The number of amides is 1. The first-order valence-corrected chi connectivity index (χ1v) is 11.4. The van der Waals surface area contributed by atoms with E-state index in [2.05, 4.69) is 18.9 Å². The van der Waals surface area contributed by atoms with Gasteiger partial charge in [0.25, 0.3) is 11.5 Å². The van der Waals surface area contributed by atoms with E-state index in [0.717, 1.165) is 23.4 Å². The third kappa shape index (κ3) is 4.42. The Bertz CT molecular complexity index is 1120. The summed E-state index contributed by atoms with van der Waals surface area (Å²) in [6, 6.07) is 5.54. The molecule has 2 aliphatic heterocycles. The molecule has 1 amide bonds. The number of thioether (sulfide) groups is 1. The summed E-state index contributed by atoms with van der Waals surface area (Å²) in [5, 5.41) is 3.61. The molecule has 1 saturated heterocycles. The minimum Gasteiger partial charge on any atom is -0.493 e. The van der Waals surface area contributed by atoms with Gasteiger partial charge in [0.1, 0.15) is 0 Å². The van der Waals surface area contributed by atoms with Crippen LogP contribution in [0.4, 0.5) is 5.82 Å². The molecule has 172 valence electrons. The van der Waals surface area contributed by atoms with Crippen molar-refractivity contribution in [3.8, 4) is 11.5 Å². The number of aromatic amines is 1. The van der Waals surface area contributed by atoms with E-state index in [1.54, 1.807) is 12.1 Å². The monoisotopic (exact) mass is 460 g/mol. The van der Waals surface area contributed by atoms with Gasteiger partial charge in [0.05, 0.1) is 34.6 Å². The first-order chi connectivity index (χ1) is 15.2. The summed E-state index contributed by atoms with van der Waals surface area (Å²) in [5.74, 6) is 0.961. The number of carbonyl (C=O) groups is 1. The first kappa shape index (κ1) is 22.5. The molecule has 0 saturated carbocycles. The van der Waals surface area contributed by atoms with Gasteiger partial charge in [-0.15, -0.1) is 0 Å². The van der Waals surface area contributed by atoms with E-state index in [1.807, 2.05) is 17.7 Å². The average Bonchev–Trinajstić information content (AvgIpc) is 3.07. The van der Waals surface area contributed by atoms with Crippen LogP contribution in [0.15, 0.2) is 28.0 Å². The molecule has 9 nitrogen and oxygen atoms in total. The highest BCUT2D eigenvalue weighted by molar-refractivity contribution is 8.14. The number of carbonyl (C=O) groups excluding carboxylic acids is 1. The quantitative estimate of drug-likeness (QED) is 0.683. The van der Waals surface area contributed by atoms with Gasteiger partial charge in [-0.25, -0.2) is 4.99 Å². The van der Waals surface area contributed by atoms with Gasteiger partial charge >= 0.3 is 0 Å². The molecule has 2 aromatic rings. The highest BCUT2D eigenvalue weighted by atomic mass is 32.2. The minimum atomic E-state index is -0.581. The van der Waals surface area contributed by atoms with E-state index in [4.69, 9.17) is 24.9 Å². The Morgan fingerprint density at radius 2 is 2.19 bits per heavy atom. The molecule has 1 aromatic heterocycles. The van der Waals surface area contributed by atoms with Crippen LogP contribution in [0.5, 0.6) is 11.5 Å². The summed E-state index contributed by atoms with van der Waals surface area (Å²) in [7, 11) is 1.52. The van der Waals surface area contributed by atoms with E-state index >= 15 is 0 Å². The number of primary amides is 1. The SMILES string of the molecule is COc1ccc([C@H]2SC(C)=Nc3c2c(=O)[nH]n3[C@@H]2CCOC(C)(C)C2)cc1OCC(N)=O. The molecule has 3 heterocycles. The lowest BCUT2D eigenvalue weighted by molar-refractivity contribution is -0.119. The zero-order chi connectivity index (χ0) is 23.0. The van der Waals surface area contributed by atoms with Crippen LogP contribution >= 0.6 is 11.8 Å². The van der Waals surface area contributed by atoms with Crippen LogP contribution in [-0.2, 0) is 9.53 Å². The van der Waals surface area contributed by atoms with Gasteiger partial charge in [-0.05, 0) is 51.3 Å². The molecule has 10 heteroatoms. The number of benzene rings is 1. The predicted molar refractivity (Wildman–Crippen MR) is 123 cm³/mol. The first-order valence-electron chi connectivity index (χ1n) is 10.5. The number of methoxy groups -OCH3 is 1. The largest absolute Gasteiger partial charge is 0.493 e. The minimum absolute atomic E-state index is 0.0980. The van der Waals surface area contributed by atoms with Crippen molar-refractivity contribution in [2.45, 2.75) is 50.5 Å². The number of nitrogens with zero attached hydrogens (tertiary/aromatic N) is 2. The van der Waals surface area contributed by atoms with Crippen LogP contribution in [0.2, 0.25) is 0 Å². The number of rotatable bonds is 6. The van der Waals surface area contributed by atoms with E-state index in [-0.39, 0.29) is 29.1 Å². The van der Waals surface area contributed by atoms with Gasteiger partial charge in [-0.1, -0.05) is 17.8 Å². The van der Waals surface area contributed by atoms with Crippen molar-refractivity contribution in [1.82, 2.24) is 9.78 Å². The molecular formula is C22H28N4O5S. The maximum Gasteiger partial charge on any atom is 0.271 e. The second-order valence-corrected chi connectivity index (χ2v) is 9.89. The third-order valence-electron chi connectivity index (χ3n) is 5.65. The summed E-state index contributed by atoms with van der Waals surface area (Å²) in [5.41, 5.74) is 6.26. The Morgan fingerprint density at radius 3 is 2.88 bits per heavy atom. The molecule has 32 heavy (non-hydrogen) atoms. The van der Waals surface area contributed by atoms with Gasteiger partial charge in [0, 0.05) is 6.61 Å². The molecule has 3 N–H and O–H groups in total. The molecule has 0 aliphatic carbocycles. The Labute approximate surface area is 190 Å². The highest BCUT2D eigenvalue weighted by Crippen LogP contribution is 2.46. The normalized spacial score (nSPS) is 22.1. The lowest BCUT2D eigenvalue weighted by Crippen LogP contribution is -2.35. The predicted octanol–water partition coefficient (Wildman–Crippen LogP) is 3.07. The van der Waals surface area contributed by atoms with Crippen molar-refractivity contribution in [2.24, 2.45) is 10.7 Å². The number of fused-ring (bicyclic) bond motifs is 1. The van der Waals surface area contributed by atoms with Crippen molar-refractivity contribution in [3.05, 3.63) is 39.7 Å². The topological polar surface area (TPSA) is 121 Å². The Morgan fingerprint density at radius 1 is 1.41 bits per heavy atom.